The average molecular weight is 578 g/mol. The molecule has 1 aliphatic rings. The van der Waals surface area contributed by atoms with E-state index in [0.717, 1.165) is 15.6 Å². The molecule has 1 atom stereocenters. The molecule has 4 rings (SSSR count). The van der Waals surface area contributed by atoms with Crippen LogP contribution in [-0.2, 0) is 14.3 Å². The molecule has 35 heavy (non-hydrogen) atoms. The van der Waals surface area contributed by atoms with E-state index in [9.17, 15) is 9.59 Å². The lowest BCUT2D eigenvalue weighted by atomic mass is 9.96. The maximum absolute atomic E-state index is 13.6. The van der Waals surface area contributed by atoms with Crippen LogP contribution in [0.2, 0.25) is 5.02 Å². The van der Waals surface area contributed by atoms with Gasteiger partial charge >= 0.3 is 5.97 Å². The molecule has 0 bridgehead atoms. The molecule has 0 radical (unpaired) electrons. The highest BCUT2D eigenvalue weighted by Gasteiger charge is 2.33. The first-order valence-corrected chi connectivity index (χ1v) is 12.6. The van der Waals surface area contributed by atoms with Gasteiger partial charge in [0, 0.05) is 12.1 Å². The maximum atomic E-state index is 13.6. The van der Waals surface area contributed by atoms with Crippen molar-refractivity contribution in [1.29, 1.82) is 0 Å². The first-order valence-electron chi connectivity index (χ1n) is 10.6. The third kappa shape index (κ3) is 5.28. The number of methoxy groups -OCH3 is 2. The molecule has 0 aliphatic carbocycles. The Kier molecular flexibility index (Phi) is 7.91. The molecule has 3 aromatic rings. The van der Waals surface area contributed by atoms with Crippen LogP contribution in [0.4, 0.5) is 0 Å². The Hall–Kier alpha value is -2.72. The lowest BCUT2D eigenvalue weighted by Gasteiger charge is -2.24. The van der Waals surface area contributed by atoms with Gasteiger partial charge in [0.2, 0.25) is 0 Å². The van der Waals surface area contributed by atoms with E-state index >= 15 is 0 Å². The molecule has 182 valence electrons. The minimum Gasteiger partial charge on any atom is -0.496 e. The Morgan fingerprint density at radius 1 is 1.20 bits per heavy atom. The molecule has 0 saturated heterocycles. The Morgan fingerprint density at radius 2 is 1.94 bits per heavy atom. The molecule has 0 spiro atoms. The highest BCUT2D eigenvalue weighted by atomic mass is 79.9. The topological polar surface area (TPSA) is 79.1 Å². The lowest BCUT2D eigenvalue weighted by Crippen LogP contribution is -2.40. The van der Waals surface area contributed by atoms with Crippen LogP contribution in [0.5, 0.6) is 5.75 Å². The number of aromatic nitrogens is 1. The van der Waals surface area contributed by atoms with Gasteiger partial charge in [-0.1, -0.05) is 41.1 Å². The van der Waals surface area contributed by atoms with Crippen LogP contribution < -0.4 is 19.6 Å². The Labute approximate surface area is 219 Å². The molecular formula is C25H22BrClN2O5S. The second-order valence-corrected chi connectivity index (χ2v) is 9.96. The van der Waals surface area contributed by atoms with Crippen LogP contribution in [-0.4, -0.2) is 38.0 Å². The molecule has 0 fully saturated rings. The van der Waals surface area contributed by atoms with E-state index in [1.165, 1.54) is 23.0 Å². The minimum atomic E-state index is -0.705. The van der Waals surface area contributed by atoms with Crippen LogP contribution in [0.1, 0.15) is 24.1 Å². The van der Waals surface area contributed by atoms with E-state index in [4.69, 9.17) is 25.8 Å². The second kappa shape index (κ2) is 10.9. The van der Waals surface area contributed by atoms with Gasteiger partial charge in [-0.2, -0.15) is 0 Å². The first-order chi connectivity index (χ1) is 16.8. The van der Waals surface area contributed by atoms with Crippen molar-refractivity contribution in [1.82, 2.24) is 4.57 Å². The monoisotopic (exact) mass is 576 g/mol. The summed E-state index contributed by atoms with van der Waals surface area (Å²) in [6.07, 6.45) is 1.79. The number of fused-ring (bicyclic) bond motifs is 1. The van der Waals surface area contributed by atoms with E-state index in [2.05, 4.69) is 20.9 Å². The fraction of sp³-hybridized carbons (Fsp3) is 0.240. The predicted octanol–water partition coefficient (Wildman–Crippen LogP) is 3.85. The molecule has 0 saturated carbocycles. The number of nitrogens with zero attached hydrogens (tertiary/aromatic N) is 2. The molecule has 2 heterocycles. The quantitative estimate of drug-likeness (QED) is 0.315. The van der Waals surface area contributed by atoms with Gasteiger partial charge in [-0.05, 0) is 64.3 Å². The molecule has 7 nitrogen and oxygen atoms in total. The number of carbonyl (C=O) groups is 1. The fourth-order valence-electron chi connectivity index (χ4n) is 3.76. The van der Waals surface area contributed by atoms with Crippen molar-refractivity contribution in [2.45, 2.75) is 13.0 Å². The molecule has 10 heteroatoms. The highest BCUT2D eigenvalue weighted by molar-refractivity contribution is 9.10. The predicted molar refractivity (Wildman–Crippen MR) is 139 cm³/mol. The number of hydrogen-bond donors (Lipinski definition) is 0. The number of thiazole rings is 1. The van der Waals surface area contributed by atoms with Crippen molar-refractivity contribution in [2.24, 2.45) is 4.99 Å². The lowest BCUT2D eigenvalue weighted by molar-refractivity contribution is -0.140. The highest BCUT2D eigenvalue weighted by Crippen LogP contribution is 2.31. The number of hydrogen-bond acceptors (Lipinski definition) is 7. The van der Waals surface area contributed by atoms with E-state index in [1.54, 1.807) is 44.4 Å². The van der Waals surface area contributed by atoms with Crippen LogP contribution in [0.25, 0.3) is 6.08 Å². The summed E-state index contributed by atoms with van der Waals surface area (Å²) in [6, 6.07) is 11.9. The summed E-state index contributed by atoms with van der Waals surface area (Å²) >= 11 is 10.8. The van der Waals surface area contributed by atoms with Crippen molar-refractivity contribution in [3.05, 3.63) is 94.0 Å². The fourth-order valence-corrected chi connectivity index (χ4v) is 5.49. The summed E-state index contributed by atoms with van der Waals surface area (Å²) in [4.78, 5) is 31.8. The van der Waals surface area contributed by atoms with E-state index in [-0.39, 0.29) is 18.8 Å². The van der Waals surface area contributed by atoms with Crippen LogP contribution in [0.15, 0.2) is 68.0 Å². The van der Waals surface area contributed by atoms with Gasteiger partial charge in [0.15, 0.2) is 4.80 Å². The van der Waals surface area contributed by atoms with Gasteiger partial charge in [-0.3, -0.25) is 9.36 Å². The first kappa shape index (κ1) is 25.4. The van der Waals surface area contributed by atoms with Gasteiger partial charge in [0.1, 0.15) is 12.4 Å². The van der Waals surface area contributed by atoms with Crippen LogP contribution >= 0.6 is 38.9 Å². The molecule has 1 unspecified atom stereocenters. The third-order valence-corrected chi connectivity index (χ3v) is 7.28. The Balaban J connectivity index is 1.87. The zero-order valence-electron chi connectivity index (χ0n) is 19.2. The van der Waals surface area contributed by atoms with Crippen molar-refractivity contribution >= 4 is 50.9 Å². The van der Waals surface area contributed by atoms with Gasteiger partial charge in [-0.25, -0.2) is 9.79 Å². The number of halogens is 2. The summed E-state index contributed by atoms with van der Waals surface area (Å²) in [5.74, 6) is 0.148. The summed E-state index contributed by atoms with van der Waals surface area (Å²) in [5, 5.41) is 0.552. The average Bonchev–Trinajstić information content (AvgIpc) is 3.13. The molecular weight excluding hydrogens is 556 g/mol. The SMILES string of the molecule is COCCOC(=O)C1=C(C)N=c2sc(=Cc3ccc(OC)c(Br)c3)c(=O)n2C1c1ccc(Cl)cc1. The van der Waals surface area contributed by atoms with Gasteiger partial charge < -0.3 is 14.2 Å². The van der Waals surface area contributed by atoms with Gasteiger partial charge in [-0.15, -0.1) is 0 Å². The van der Waals surface area contributed by atoms with Crippen LogP contribution in [0.3, 0.4) is 0 Å². The largest absolute Gasteiger partial charge is 0.496 e. The number of esters is 1. The van der Waals surface area contributed by atoms with Crippen molar-refractivity contribution in [2.75, 3.05) is 27.4 Å². The molecule has 2 aromatic carbocycles. The molecule has 1 aromatic heterocycles. The number of rotatable bonds is 7. The van der Waals surface area contributed by atoms with Crippen molar-refractivity contribution in [3.8, 4) is 5.75 Å². The van der Waals surface area contributed by atoms with Crippen molar-refractivity contribution in [3.63, 3.8) is 0 Å². The normalized spacial score (nSPS) is 15.6. The smallest absolute Gasteiger partial charge is 0.338 e. The van der Waals surface area contributed by atoms with E-state index < -0.39 is 12.0 Å². The van der Waals surface area contributed by atoms with Crippen LogP contribution in [0, 0.1) is 0 Å². The Morgan fingerprint density at radius 3 is 2.60 bits per heavy atom. The number of ether oxygens (including phenoxy) is 3. The molecule has 1 aliphatic heterocycles. The molecule has 0 amide bonds. The Bertz CT molecular complexity index is 1480. The second-order valence-electron chi connectivity index (χ2n) is 7.66. The van der Waals surface area contributed by atoms with Crippen molar-refractivity contribution < 1.29 is 19.0 Å². The minimum absolute atomic E-state index is 0.0935. The summed E-state index contributed by atoms with van der Waals surface area (Å²) in [5.41, 5.74) is 2.08. The standard InChI is InChI=1S/C25H22BrClN2O5S/c1-14-21(24(31)34-11-10-32-2)22(16-5-7-17(27)8-6-16)29-23(30)20(35-25(29)28-14)13-15-4-9-19(33-3)18(26)12-15/h4-9,12-13,22H,10-11H2,1-3H3. The van der Waals surface area contributed by atoms with Gasteiger partial charge in [0.25, 0.3) is 5.56 Å². The number of benzene rings is 2. The number of allylic oxidation sites excluding steroid dienone is 1. The molecule has 0 N–H and O–H groups in total. The number of carbonyl (C=O) groups excluding carboxylic acids is 1. The summed E-state index contributed by atoms with van der Waals surface area (Å²) < 4.78 is 18.5. The summed E-state index contributed by atoms with van der Waals surface area (Å²) in [6.45, 7) is 2.10. The van der Waals surface area contributed by atoms with E-state index in [1.807, 2.05) is 18.2 Å². The zero-order valence-corrected chi connectivity index (χ0v) is 22.4. The van der Waals surface area contributed by atoms with E-state index in [0.29, 0.717) is 31.4 Å². The maximum Gasteiger partial charge on any atom is 0.338 e. The van der Waals surface area contributed by atoms with Gasteiger partial charge in [0.05, 0.1) is 40.0 Å². The third-order valence-electron chi connectivity index (χ3n) is 5.42. The summed E-state index contributed by atoms with van der Waals surface area (Å²) in [7, 11) is 3.12. The zero-order chi connectivity index (χ0) is 25.1.